The van der Waals surface area contributed by atoms with Crippen LogP contribution in [0.25, 0.3) is 0 Å². The molecule has 0 bridgehead atoms. The first-order chi connectivity index (χ1) is 10.9. The quantitative estimate of drug-likeness (QED) is 0.856. The van der Waals surface area contributed by atoms with Gasteiger partial charge in [0, 0.05) is 12.6 Å². The Balaban J connectivity index is 2.78. The molecule has 5 heteroatoms. The van der Waals surface area contributed by atoms with E-state index in [1.807, 2.05) is 71.9 Å². The number of hydrogen-bond acceptors (Lipinski definition) is 3. The second kappa shape index (κ2) is 7.69. The number of nitrogens with one attached hydrogen (secondary N) is 1. The van der Waals surface area contributed by atoms with Crippen LogP contribution in [0.4, 0.5) is 4.79 Å². The molecule has 0 aliphatic heterocycles. The van der Waals surface area contributed by atoms with Gasteiger partial charge in [0.1, 0.15) is 12.6 Å². The largest absolute Gasteiger partial charge is 0.459 e. The Labute approximate surface area is 145 Å². The molecule has 1 atom stereocenters. The van der Waals surface area contributed by atoms with Crippen molar-refractivity contribution in [2.24, 2.45) is 5.41 Å². The van der Waals surface area contributed by atoms with Gasteiger partial charge in [0.05, 0.1) is 0 Å². The molecule has 5 nitrogen and oxygen atoms in total. The molecular formula is C19H30N2O3. The van der Waals surface area contributed by atoms with Crippen LogP contribution in [-0.4, -0.2) is 35.5 Å². The third-order valence-electron chi connectivity index (χ3n) is 3.90. The smallest absolute Gasteiger partial charge is 0.329 e. The van der Waals surface area contributed by atoms with E-state index in [1.54, 1.807) is 11.9 Å². The Morgan fingerprint density at radius 1 is 1.08 bits per heavy atom. The van der Waals surface area contributed by atoms with Gasteiger partial charge in [0.2, 0.25) is 0 Å². The normalized spacial score (nSPS) is 13.1. The molecule has 24 heavy (non-hydrogen) atoms. The Kier molecular flexibility index (Phi) is 6.41. The molecule has 0 saturated carbocycles. The number of urea groups is 1. The van der Waals surface area contributed by atoms with Crippen LogP contribution in [0.5, 0.6) is 0 Å². The first-order valence-corrected chi connectivity index (χ1v) is 8.18. The molecule has 1 N–H and O–H groups in total. The Morgan fingerprint density at radius 2 is 1.62 bits per heavy atom. The van der Waals surface area contributed by atoms with Gasteiger partial charge in [-0.05, 0) is 31.7 Å². The molecule has 0 fully saturated rings. The highest BCUT2D eigenvalue weighted by molar-refractivity contribution is 5.84. The molecule has 0 unspecified atom stereocenters. The van der Waals surface area contributed by atoms with Gasteiger partial charge >= 0.3 is 12.0 Å². The van der Waals surface area contributed by atoms with Crippen molar-refractivity contribution in [1.82, 2.24) is 10.2 Å². The lowest BCUT2D eigenvalue weighted by Gasteiger charge is -2.36. The molecule has 1 rings (SSSR count). The third-order valence-corrected chi connectivity index (χ3v) is 3.90. The summed E-state index contributed by atoms with van der Waals surface area (Å²) in [5, 5.41) is 2.81. The van der Waals surface area contributed by atoms with Gasteiger partial charge < -0.3 is 15.0 Å². The second-order valence-electron chi connectivity index (χ2n) is 8.07. The molecule has 134 valence electrons. The van der Waals surface area contributed by atoms with Gasteiger partial charge in [-0.25, -0.2) is 9.59 Å². The molecule has 0 aliphatic rings. The number of esters is 1. The average molecular weight is 334 g/mol. The number of rotatable bonds is 4. The molecule has 0 heterocycles. The summed E-state index contributed by atoms with van der Waals surface area (Å²) in [5.74, 6) is -0.429. The van der Waals surface area contributed by atoms with Crippen LogP contribution in [-0.2, 0) is 16.1 Å². The lowest BCUT2D eigenvalue weighted by molar-refractivity contribution is -0.150. The minimum absolute atomic E-state index is 0.192. The second-order valence-corrected chi connectivity index (χ2v) is 8.07. The maximum atomic E-state index is 12.5. The monoisotopic (exact) mass is 334 g/mol. The lowest BCUT2D eigenvalue weighted by atomic mass is 9.87. The number of benzene rings is 1. The summed E-state index contributed by atoms with van der Waals surface area (Å²) in [5.41, 5.74) is 0.124. The van der Waals surface area contributed by atoms with Crippen molar-refractivity contribution in [3.63, 3.8) is 0 Å². The first kappa shape index (κ1) is 20.0. The van der Waals surface area contributed by atoms with E-state index in [4.69, 9.17) is 4.74 Å². The van der Waals surface area contributed by atoms with Crippen LogP contribution in [0.2, 0.25) is 0 Å². The van der Waals surface area contributed by atoms with E-state index < -0.39 is 17.4 Å². The van der Waals surface area contributed by atoms with E-state index >= 15 is 0 Å². The molecule has 0 aromatic heterocycles. The number of ether oxygens (including phenoxy) is 1. The number of hydrogen-bond donors (Lipinski definition) is 1. The summed E-state index contributed by atoms with van der Waals surface area (Å²) in [6, 6.07) is 8.47. The van der Waals surface area contributed by atoms with Crippen molar-refractivity contribution in [1.29, 1.82) is 0 Å². The molecule has 0 saturated heterocycles. The molecule has 0 spiro atoms. The maximum Gasteiger partial charge on any atom is 0.329 e. The zero-order chi connectivity index (χ0) is 18.5. The summed E-state index contributed by atoms with van der Waals surface area (Å²) in [4.78, 5) is 26.5. The first-order valence-electron chi connectivity index (χ1n) is 8.18. The van der Waals surface area contributed by atoms with Crippen LogP contribution < -0.4 is 5.32 Å². The molecule has 0 radical (unpaired) electrons. The molecule has 0 aliphatic carbocycles. The molecule has 2 amide bonds. The van der Waals surface area contributed by atoms with Gasteiger partial charge in [0.15, 0.2) is 0 Å². The van der Waals surface area contributed by atoms with E-state index in [-0.39, 0.29) is 18.2 Å². The zero-order valence-corrected chi connectivity index (χ0v) is 15.8. The fourth-order valence-corrected chi connectivity index (χ4v) is 1.97. The highest BCUT2D eigenvalue weighted by Crippen LogP contribution is 2.22. The average Bonchev–Trinajstić information content (AvgIpc) is 2.48. The van der Waals surface area contributed by atoms with Crippen molar-refractivity contribution < 1.29 is 14.3 Å². The molecular weight excluding hydrogens is 304 g/mol. The number of nitrogens with zero attached hydrogens (tertiary/aromatic N) is 1. The van der Waals surface area contributed by atoms with Crippen molar-refractivity contribution in [2.75, 3.05) is 7.05 Å². The van der Waals surface area contributed by atoms with Crippen molar-refractivity contribution in [2.45, 2.75) is 59.7 Å². The van der Waals surface area contributed by atoms with Crippen molar-refractivity contribution in [3.8, 4) is 0 Å². The topological polar surface area (TPSA) is 58.6 Å². The minimum Gasteiger partial charge on any atom is -0.459 e. The van der Waals surface area contributed by atoms with Gasteiger partial charge in [-0.3, -0.25) is 0 Å². The molecule has 1 aromatic carbocycles. The predicted molar refractivity (Wildman–Crippen MR) is 95.5 cm³/mol. The SMILES string of the molecule is CN(C(=O)N[C@H](C(=O)OCc1ccccc1)C(C)(C)C)C(C)(C)C. The highest BCUT2D eigenvalue weighted by atomic mass is 16.5. The summed E-state index contributed by atoms with van der Waals surface area (Å²) in [7, 11) is 1.71. The van der Waals surface area contributed by atoms with Gasteiger partial charge in [-0.1, -0.05) is 51.1 Å². The summed E-state index contributed by atoms with van der Waals surface area (Å²) in [6.07, 6.45) is 0. The third kappa shape index (κ3) is 5.87. The standard InChI is InChI=1S/C19H30N2O3/c1-18(2,3)15(20-17(23)21(7)19(4,5)6)16(22)24-13-14-11-9-8-10-12-14/h8-12,15H,13H2,1-7H3,(H,20,23)/t15-/m1/s1. The Morgan fingerprint density at radius 3 is 2.08 bits per heavy atom. The highest BCUT2D eigenvalue weighted by Gasteiger charge is 2.36. The summed E-state index contributed by atoms with van der Waals surface area (Å²) >= 11 is 0. The number of carbonyl (C=O) groups excluding carboxylic acids is 2. The van der Waals surface area contributed by atoms with Gasteiger partial charge in [-0.2, -0.15) is 0 Å². The van der Waals surface area contributed by atoms with Crippen molar-refractivity contribution >= 4 is 12.0 Å². The minimum atomic E-state index is -0.724. The van der Waals surface area contributed by atoms with E-state index in [2.05, 4.69) is 5.32 Å². The molecule has 1 aromatic rings. The predicted octanol–water partition coefficient (Wildman–Crippen LogP) is 3.58. The van der Waals surface area contributed by atoms with Crippen LogP contribution in [0, 0.1) is 5.41 Å². The van der Waals surface area contributed by atoms with Gasteiger partial charge in [-0.15, -0.1) is 0 Å². The number of carbonyl (C=O) groups is 2. The number of amides is 2. The fourth-order valence-electron chi connectivity index (χ4n) is 1.97. The zero-order valence-electron chi connectivity index (χ0n) is 15.8. The summed E-state index contributed by atoms with van der Waals surface area (Å²) in [6.45, 7) is 11.7. The maximum absolute atomic E-state index is 12.5. The van der Waals surface area contributed by atoms with Crippen molar-refractivity contribution in [3.05, 3.63) is 35.9 Å². The van der Waals surface area contributed by atoms with E-state index in [1.165, 1.54) is 0 Å². The van der Waals surface area contributed by atoms with Crippen LogP contribution >= 0.6 is 0 Å². The van der Waals surface area contributed by atoms with Gasteiger partial charge in [0.25, 0.3) is 0 Å². The Bertz CT molecular complexity index is 556. The van der Waals surface area contributed by atoms with Crippen LogP contribution in [0.15, 0.2) is 30.3 Å². The lowest BCUT2D eigenvalue weighted by Crippen LogP contribution is -2.56. The summed E-state index contributed by atoms with van der Waals surface area (Å²) < 4.78 is 5.41. The Hall–Kier alpha value is -2.04. The van der Waals surface area contributed by atoms with E-state index in [0.29, 0.717) is 0 Å². The fraction of sp³-hybridized carbons (Fsp3) is 0.579. The van der Waals surface area contributed by atoms with E-state index in [0.717, 1.165) is 5.56 Å². The van der Waals surface area contributed by atoms with Crippen LogP contribution in [0.3, 0.4) is 0 Å². The van der Waals surface area contributed by atoms with E-state index in [9.17, 15) is 9.59 Å². The van der Waals surface area contributed by atoms with Crippen LogP contribution in [0.1, 0.15) is 47.1 Å².